The van der Waals surface area contributed by atoms with E-state index in [1.54, 1.807) is 24.3 Å². The molecule has 0 saturated carbocycles. The normalized spacial score (nSPS) is 18.5. The number of rotatable bonds is 3. The lowest BCUT2D eigenvalue weighted by Gasteiger charge is -2.22. The topological polar surface area (TPSA) is 75.0 Å². The first-order valence-corrected chi connectivity index (χ1v) is 8.35. The molecule has 1 N–H and O–H groups in total. The lowest BCUT2D eigenvalue weighted by atomic mass is 10.1. The molecule has 0 bridgehead atoms. The molecule has 0 radical (unpaired) electrons. The SMILES string of the molecule is Cc1nonc1C1CCCN1Cc1cc(=O)c2cccc(Cl)c2[nH]1. The van der Waals surface area contributed by atoms with Gasteiger partial charge in [-0.25, -0.2) is 4.63 Å². The number of para-hydroxylation sites is 1. The standard InChI is InChI=1S/C17H17ClN4O2/c1-10-16(21-24-20-10)14-6-3-7-22(14)9-11-8-15(23)12-4-2-5-13(18)17(12)19-11/h2,4-5,8,14H,3,6-7,9H2,1H3,(H,19,23). The smallest absolute Gasteiger partial charge is 0.189 e. The van der Waals surface area contributed by atoms with Gasteiger partial charge < -0.3 is 4.98 Å². The van der Waals surface area contributed by atoms with Crippen LogP contribution in [-0.4, -0.2) is 26.7 Å². The minimum absolute atomic E-state index is 0.0173. The fourth-order valence-electron chi connectivity index (χ4n) is 3.46. The van der Waals surface area contributed by atoms with Gasteiger partial charge in [0.1, 0.15) is 11.4 Å². The molecule has 3 heterocycles. The van der Waals surface area contributed by atoms with Crippen molar-refractivity contribution in [2.75, 3.05) is 6.54 Å². The Balaban J connectivity index is 1.68. The molecule has 1 atom stereocenters. The Morgan fingerprint density at radius 2 is 2.29 bits per heavy atom. The van der Waals surface area contributed by atoms with Crippen LogP contribution in [0.4, 0.5) is 0 Å². The van der Waals surface area contributed by atoms with Crippen molar-refractivity contribution in [3.05, 3.63) is 56.6 Å². The van der Waals surface area contributed by atoms with E-state index in [-0.39, 0.29) is 11.5 Å². The van der Waals surface area contributed by atoms with Crippen molar-refractivity contribution in [2.45, 2.75) is 32.4 Å². The predicted octanol–water partition coefficient (Wildman–Crippen LogP) is 3.21. The summed E-state index contributed by atoms with van der Waals surface area (Å²) < 4.78 is 4.85. The van der Waals surface area contributed by atoms with Gasteiger partial charge in [-0.2, -0.15) is 0 Å². The second-order valence-corrected chi connectivity index (χ2v) is 6.59. The number of benzene rings is 1. The molecule has 0 amide bonds. The molecule has 2 aromatic heterocycles. The van der Waals surface area contributed by atoms with E-state index < -0.39 is 0 Å². The Hall–Kier alpha value is -2.18. The number of aromatic nitrogens is 3. The third-order valence-electron chi connectivity index (χ3n) is 4.61. The third-order valence-corrected chi connectivity index (χ3v) is 4.93. The van der Waals surface area contributed by atoms with Crippen LogP contribution < -0.4 is 5.43 Å². The zero-order chi connectivity index (χ0) is 16.7. The number of pyridine rings is 1. The molecule has 7 heteroatoms. The average Bonchev–Trinajstić information content (AvgIpc) is 3.17. The van der Waals surface area contributed by atoms with Gasteiger partial charge in [0.05, 0.1) is 16.6 Å². The second kappa shape index (κ2) is 6.03. The van der Waals surface area contributed by atoms with Crippen molar-refractivity contribution in [2.24, 2.45) is 0 Å². The highest BCUT2D eigenvalue weighted by Crippen LogP contribution is 2.33. The Labute approximate surface area is 143 Å². The van der Waals surface area contributed by atoms with Crippen LogP contribution in [-0.2, 0) is 6.54 Å². The van der Waals surface area contributed by atoms with Crippen molar-refractivity contribution < 1.29 is 4.63 Å². The number of aryl methyl sites for hydroxylation is 1. The maximum Gasteiger partial charge on any atom is 0.189 e. The number of nitrogens with zero attached hydrogens (tertiary/aromatic N) is 3. The van der Waals surface area contributed by atoms with E-state index in [9.17, 15) is 4.79 Å². The number of fused-ring (bicyclic) bond motifs is 1. The molecular formula is C17H17ClN4O2. The molecule has 1 aliphatic heterocycles. The van der Waals surface area contributed by atoms with E-state index in [2.05, 4.69) is 20.2 Å². The highest BCUT2D eigenvalue weighted by Gasteiger charge is 2.30. The van der Waals surface area contributed by atoms with E-state index in [1.165, 1.54) is 0 Å². The summed E-state index contributed by atoms with van der Waals surface area (Å²) >= 11 is 6.23. The highest BCUT2D eigenvalue weighted by molar-refractivity contribution is 6.35. The van der Waals surface area contributed by atoms with Crippen LogP contribution >= 0.6 is 11.6 Å². The van der Waals surface area contributed by atoms with Gasteiger partial charge in [0, 0.05) is 23.7 Å². The Morgan fingerprint density at radius 3 is 3.08 bits per heavy atom. The van der Waals surface area contributed by atoms with Gasteiger partial charge in [-0.3, -0.25) is 9.69 Å². The van der Waals surface area contributed by atoms with Gasteiger partial charge >= 0.3 is 0 Å². The van der Waals surface area contributed by atoms with E-state index in [0.717, 1.165) is 36.5 Å². The first kappa shape index (κ1) is 15.4. The summed E-state index contributed by atoms with van der Waals surface area (Å²) in [6.45, 7) is 3.48. The molecule has 1 fully saturated rings. The number of nitrogens with one attached hydrogen (secondary N) is 1. The lowest BCUT2D eigenvalue weighted by Crippen LogP contribution is -2.25. The number of hydrogen-bond acceptors (Lipinski definition) is 5. The third kappa shape index (κ3) is 2.61. The van der Waals surface area contributed by atoms with E-state index >= 15 is 0 Å². The highest BCUT2D eigenvalue weighted by atomic mass is 35.5. The summed E-state index contributed by atoms with van der Waals surface area (Å²) in [5.41, 5.74) is 3.23. The fourth-order valence-corrected chi connectivity index (χ4v) is 3.68. The van der Waals surface area contributed by atoms with E-state index in [0.29, 0.717) is 22.5 Å². The summed E-state index contributed by atoms with van der Waals surface area (Å²) in [4.78, 5) is 18.0. The van der Waals surface area contributed by atoms with Crippen LogP contribution in [0.3, 0.4) is 0 Å². The Morgan fingerprint density at radius 1 is 1.42 bits per heavy atom. The number of likely N-dealkylation sites (tertiary alicyclic amines) is 1. The van der Waals surface area contributed by atoms with Crippen LogP contribution in [0.5, 0.6) is 0 Å². The minimum atomic E-state index is -0.0173. The van der Waals surface area contributed by atoms with Crippen LogP contribution in [0.2, 0.25) is 5.02 Å². The summed E-state index contributed by atoms with van der Waals surface area (Å²) in [6.07, 6.45) is 2.09. The summed E-state index contributed by atoms with van der Waals surface area (Å²) in [7, 11) is 0. The monoisotopic (exact) mass is 344 g/mol. The molecule has 1 aliphatic rings. The number of hydrogen-bond donors (Lipinski definition) is 1. The van der Waals surface area contributed by atoms with Gasteiger partial charge in [-0.05, 0) is 38.4 Å². The fraction of sp³-hybridized carbons (Fsp3) is 0.353. The van der Waals surface area contributed by atoms with Gasteiger partial charge in [-0.1, -0.05) is 28.0 Å². The van der Waals surface area contributed by atoms with Gasteiger partial charge in [0.2, 0.25) is 0 Å². The Kier molecular flexibility index (Phi) is 3.86. The molecule has 6 nitrogen and oxygen atoms in total. The largest absolute Gasteiger partial charge is 0.356 e. The maximum absolute atomic E-state index is 12.4. The second-order valence-electron chi connectivity index (χ2n) is 6.18. The number of aromatic amines is 1. The molecule has 3 aromatic rings. The Bertz CT molecular complexity index is 949. The lowest BCUT2D eigenvalue weighted by molar-refractivity contribution is 0.229. The molecule has 1 saturated heterocycles. The first-order valence-electron chi connectivity index (χ1n) is 7.97. The van der Waals surface area contributed by atoms with Crippen molar-refractivity contribution >= 4 is 22.5 Å². The predicted molar refractivity (Wildman–Crippen MR) is 91.0 cm³/mol. The average molecular weight is 345 g/mol. The quantitative estimate of drug-likeness (QED) is 0.789. The molecule has 1 aromatic carbocycles. The molecular weight excluding hydrogens is 328 g/mol. The van der Waals surface area contributed by atoms with Crippen LogP contribution in [0, 0.1) is 6.92 Å². The van der Waals surface area contributed by atoms with Gasteiger partial charge in [0.25, 0.3) is 0 Å². The zero-order valence-corrected chi connectivity index (χ0v) is 14.0. The minimum Gasteiger partial charge on any atom is -0.356 e. The van der Waals surface area contributed by atoms with Crippen LogP contribution in [0.1, 0.15) is 36.0 Å². The van der Waals surface area contributed by atoms with Crippen molar-refractivity contribution in [1.29, 1.82) is 0 Å². The number of H-pyrrole nitrogens is 1. The first-order chi connectivity index (χ1) is 11.6. The summed E-state index contributed by atoms with van der Waals surface area (Å²) in [5.74, 6) is 0. The molecule has 4 rings (SSSR count). The number of halogens is 1. The zero-order valence-electron chi connectivity index (χ0n) is 13.3. The van der Waals surface area contributed by atoms with Crippen molar-refractivity contribution in [3.8, 4) is 0 Å². The van der Waals surface area contributed by atoms with Crippen molar-refractivity contribution in [3.63, 3.8) is 0 Å². The molecule has 0 spiro atoms. The van der Waals surface area contributed by atoms with E-state index in [4.69, 9.17) is 16.2 Å². The van der Waals surface area contributed by atoms with Gasteiger partial charge in [-0.15, -0.1) is 0 Å². The maximum atomic E-state index is 12.4. The van der Waals surface area contributed by atoms with Crippen LogP contribution in [0.15, 0.2) is 33.7 Å². The van der Waals surface area contributed by atoms with E-state index in [1.807, 2.05) is 6.92 Å². The summed E-state index contributed by atoms with van der Waals surface area (Å²) in [6, 6.07) is 7.18. The molecule has 0 aliphatic carbocycles. The molecule has 24 heavy (non-hydrogen) atoms. The summed E-state index contributed by atoms with van der Waals surface area (Å²) in [5, 5.41) is 9.10. The van der Waals surface area contributed by atoms with Crippen LogP contribution in [0.25, 0.3) is 10.9 Å². The molecule has 1 unspecified atom stereocenters. The van der Waals surface area contributed by atoms with Gasteiger partial charge in [0.15, 0.2) is 5.43 Å². The molecule has 124 valence electrons. The van der Waals surface area contributed by atoms with Crippen molar-refractivity contribution in [1.82, 2.24) is 20.2 Å².